The molecular formula is C18H22N2O3S. The van der Waals surface area contributed by atoms with Gasteiger partial charge in [0.1, 0.15) is 5.75 Å². The van der Waals surface area contributed by atoms with Crippen LogP contribution in [-0.2, 0) is 10.0 Å². The zero-order chi connectivity index (χ0) is 17.2. The van der Waals surface area contributed by atoms with Crippen LogP contribution in [0.25, 0.3) is 0 Å². The second kappa shape index (κ2) is 6.83. The van der Waals surface area contributed by atoms with Gasteiger partial charge in [-0.25, -0.2) is 12.7 Å². The summed E-state index contributed by atoms with van der Waals surface area (Å²) in [4.78, 5) is 0. The van der Waals surface area contributed by atoms with E-state index < -0.39 is 15.5 Å². The average Bonchev–Trinajstić information content (AvgIpc) is 2.55. The van der Waals surface area contributed by atoms with E-state index in [4.69, 9.17) is 4.74 Å². The molecule has 3 rings (SSSR count). The number of ether oxygens (including phenoxy) is 1. The summed E-state index contributed by atoms with van der Waals surface area (Å²) in [6, 6.07) is 14.8. The monoisotopic (exact) mass is 346 g/mol. The summed E-state index contributed by atoms with van der Waals surface area (Å²) >= 11 is 0. The molecular weight excluding hydrogens is 324 g/mol. The molecule has 2 aromatic rings. The zero-order valence-electron chi connectivity index (χ0n) is 13.9. The van der Waals surface area contributed by atoms with Gasteiger partial charge in [0.05, 0.1) is 11.4 Å². The topological polar surface area (TPSA) is 58.6 Å². The standard InChI is InChI=1S/C18H22N2O3S/c1-14-7-5-8-15(13-14)20-16-9-3-4-10-17(16)23-18(24(20,21)22)11-6-12-19-2/h3-5,7-10,13,18-19H,6,11-12H2,1-2H3. The van der Waals surface area contributed by atoms with Gasteiger partial charge in [-0.2, -0.15) is 0 Å². The highest BCUT2D eigenvalue weighted by atomic mass is 32.2. The molecule has 0 saturated heterocycles. The Labute approximate surface area is 143 Å². The van der Waals surface area contributed by atoms with E-state index in [2.05, 4.69) is 5.32 Å². The second-order valence-corrected chi connectivity index (χ2v) is 7.83. The molecule has 1 N–H and O–H groups in total. The smallest absolute Gasteiger partial charge is 0.277 e. The first-order valence-electron chi connectivity index (χ1n) is 8.05. The minimum absolute atomic E-state index is 0.444. The summed E-state index contributed by atoms with van der Waals surface area (Å²) in [7, 11) is -1.79. The predicted octanol–water partition coefficient (Wildman–Crippen LogP) is 3.18. The summed E-state index contributed by atoms with van der Waals surface area (Å²) < 4.78 is 33.6. The number of hydrogen-bond donors (Lipinski definition) is 1. The fourth-order valence-corrected chi connectivity index (χ4v) is 4.63. The van der Waals surface area contributed by atoms with Crippen LogP contribution in [-0.4, -0.2) is 27.4 Å². The molecule has 0 amide bonds. The third-order valence-corrected chi connectivity index (χ3v) is 5.94. The van der Waals surface area contributed by atoms with Crippen LogP contribution in [0, 0.1) is 6.92 Å². The second-order valence-electron chi connectivity index (χ2n) is 5.91. The SMILES string of the molecule is CNCCCC1Oc2ccccc2N(c2cccc(C)c2)S1(=O)=O. The van der Waals surface area contributed by atoms with Crippen LogP contribution in [0.15, 0.2) is 48.5 Å². The molecule has 0 saturated carbocycles. The molecule has 0 bridgehead atoms. The normalized spacial score (nSPS) is 18.8. The van der Waals surface area contributed by atoms with E-state index in [0.717, 1.165) is 18.5 Å². The Balaban J connectivity index is 2.07. The lowest BCUT2D eigenvalue weighted by Crippen LogP contribution is -2.43. The predicted molar refractivity (Wildman–Crippen MR) is 96.3 cm³/mol. The molecule has 128 valence electrons. The summed E-state index contributed by atoms with van der Waals surface area (Å²) in [5, 5.41) is 3.04. The molecule has 5 nitrogen and oxygen atoms in total. The Morgan fingerprint density at radius 2 is 1.96 bits per heavy atom. The van der Waals surface area contributed by atoms with Gasteiger partial charge in [-0.1, -0.05) is 24.3 Å². The van der Waals surface area contributed by atoms with Crippen LogP contribution < -0.4 is 14.4 Å². The maximum absolute atomic E-state index is 13.2. The number of nitrogens with zero attached hydrogens (tertiary/aromatic N) is 1. The Kier molecular flexibility index (Phi) is 4.78. The molecule has 1 aliphatic rings. The molecule has 1 atom stereocenters. The average molecular weight is 346 g/mol. The van der Waals surface area contributed by atoms with Crippen molar-refractivity contribution in [2.75, 3.05) is 17.9 Å². The Morgan fingerprint density at radius 3 is 2.71 bits per heavy atom. The fourth-order valence-electron chi connectivity index (χ4n) is 2.88. The molecule has 1 heterocycles. The molecule has 0 aliphatic carbocycles. The lowest BCUT2D eigenvalue weighted by Gasteiger charge is -2.35. The Hall–Kier alpha value is -2.05. The first-order valence-corrected chi connectivity index (χ1v) is 9.55. The van der Waals surface area contributed by atoms with Crippen LogP contribution in [0.2, 0.25) is 0 Å². The minimum atomic E-state index is -3.64. The first kappa shape index (κ1) is 16.8. The van der Waals surface area contributed by atoms with Crippen molar-refractivity contribution >= 4 is 21.4 Å². The molecule has 0 fully saturated rings. The van der Waals surface area contributed by atoms with Crippen molar-refractivity contribution in [3.63, 3.8) is 0 Å². The van der Waals surface area contributed by atoms with E-state index in [1.165, 1.54) is 4.31 Å². The highest BCUT2D eigenvalue weighted by molar-refractivity contribution is 7.93. The highest BCUT2D eigenvalue weighted by Crippen LogP contribution is 2.42. The number of aryl methyl sites for hydroxylation is 1. The Bertz CT molecular complexity index is 821. The van der Waals surface area contributed by atoms with Crippen LogP contribution >= 0.6 is 0 Å². The number of rotatable bonds is 5. The van der Waals surface area contributed by atoms with Gasteiger partial charge in [0.15, 0.2) is 0 Å². The van der Waals surface area contributed by atoms with Gasteiger partial charge in [0.25, 0.3) is 10.0 Å². The van der Waals surface area contributed by atoms with Gasteiger partial charge in [-0.05, 0) is 56.8 Å². The van der Waals surface area contributed by atoms with E-state index in [0.29, 0.717) is 23.5 Å². The summed E-state index contributed by atoms with van der Waals surface area (Å²) in [5.74, 6) is 0.600. The number of benzene rings is 2. The minimum Gasteiger partial charge on any atom is -0.470 e. The lowest BCUT2D eigenvalue weighted by molar-refractivity contribution is 0.254. The zero-order valence-corrected chi connectivity index (χ0v) is 14.7. The van der Waals surface area contributed by atoms with Crippen molar-refractivity contribution < 1.29 is 13.2 Å². The van der Waals surface area contributed by atoms with Gasteiger partial charge in [0, 0.05) is 6.42 Å². The molecule has 0 spiro atoms. The van der Waals surface area contributed by atoms with Crippen LogP contribution in [0.5, 0.6) is 5.75 Å². The number of anilines is 2. The molecule has 24 heavy (non-hydrogen) atoms. The number of sulfonamides is 1. The quantitative estimate of drug-likeness (QED) is 0.845. The molecule has 1 unspecified atom stereocenters. The van der Waals surface area contributed by atoms with Crippen molar-refractivity contribution in [2.45, 2.75) is 25.2 Å². The highest BCUT2D eigenvalue weighted by Gasteiger charge is 2.40. The number of hydrogen-bond acceptors (Lipinski definition) is 4. The maximum Gasteiger partial charge on any atom is 0.277 e. The Morgan fingerprint density at radius 1 is 1.17 bits per heavy atom. The van der Waals surface area contributed by atoms with Gasteiger partial charge >= 0.3 is 0 Å². The van der Waals surface area contributed by atoms with E-state index >= 15 is 0 Å². The maximum atomic E-state index is 13.2. The summed E-state index contributed by atoms with van der Waals surface area (Å²) in [6.45, 7) is 2.70. The van der Waals surface area contributed by atoms with E-state index in [9.17, 15) is 8.42 Å². The molecule has 1 aliphatic heterocycles. The summed E-state index contributed by atoms with van der Waals surface area (Å²) in [5.41, 5.74) is 1.34. The van der Waals surface area contributed by atoms with Crippen LogP contribution in [0.4, 0.5) is 11.4 Å². The van der Waals surface area contributed by atoms with Crippen LogP contribution in [0.1, 0.15) is 18.4 Å². The molecule has 0 aromatic heterocycles. The third-order valence-electron chi connectivity index (χ3n) is 4.03. The van der Waals surface area contributed by atoms with E-state index in [1.54, 1.807) is 6.07 Å². The van der Waals surface area contributed by atoms with Gasteiger partial charge in [-0.15, -0.1) is 0 Å². The third kappa shape index (κ3) is 3.12. The number of fused-ring (bicyclic) bond motifs is 1. The molecule has 2 aromatic carbocycles. The fraction of sp³-hybridized carbons (Fsp3) is 0.333. The molecule has 0 radical (unpaired) electrons. The number of para-hydroxylation sites is 2. The van der Waals surface area contributed by atoms with Crippen molar-refractivity contribution in [1.29, 1.82) is 0 Å². The van der Waals surface area contributed by atoms with Crippen LogP contribution in [0.3, 0.4) is 0 Å². The van der Waals surface area contributed by atoms with Crippen molar-refractivity contribution in [3.8, 4) is 5.75 Å². The van der Waals surface area contributed by atoms with E-state index in [-0.39, 0.29) is 0 Å². The van der Waals surface area contributed by atoms with Gasteiger partial charge < -0.3 is 10.1 Å². The van der Waals surface area contributed by atoms with Crippen molar-refractivity contribution in [2.24, 2.45) is 0 Å². The molecule has 6 heteroatoms. The first-order chi connectivity index (χ1) is 11.5. The van der Waals surface area contributed by atoms with Gasteiger partial charge in [-0.3, -0.25) is 0 Å². The van der Waals surface area contributed by atoms with Crippen molar-refractivity contribution in [3.05, 3.63) is 54.1 Å². The largest absolute Gasteiger partial charge is 0.470 e. The van der Waals surface area contributed by atoms with E-state index in [1.807, 2.05) is 56.4 Å². The van der Waals surface area contributed by atoms with Crippen molar-refractivity contribution in [1.82, 2.24) is 5.32 Å². The number of nitrogens with one attached hydrogen (secondary N) is 1. The summed E-state index contributed by atoms with van der Waals surface area (Å²) in [6.07, 6.45) is 1.17. The van der Waals surface area contributed by atoms with Gasteiger partial charge in [0.2, 0.25) is 5.44 Å². The lowest BCUT2D eigenvalue weighted by atomic mass is 10.2.